The number of para-hydroxylation sites is 1. The highest BCUT2D eigenvalue weighted by Crippen LogP contribution is 2.22. The van der Waals surface area contributed by atoms with Crippen molar-refractivity contribution in [2.24, 2.45) is 0 Å². The Bertz CT molecular complexity index is 434. The second-order valence-corrected chi connectivity index (χ2v) is 6.71. The second-order valence-electron chi connectivity index (χ2n) is 6.71. The Kier molecular flexibility index (Phi) is 5.15. The van der Waals surface area contributed by atoms with E-state index in [9.17, 15) is 0 Å². The number of rotatable bonds is 6. The molecule has 2 saturated heterocycles. The summed E-state index contributed by atoms with van der Waals surface area (Å²) in [6.45, 7) is 7.12. The van der Waals surface area contributed by atoms with Crippen LogP contribution in [0.4, 0.5) is 5.69 Å². The summed E-state index contributed by atoms with van der Waals surface area (Å²) in [7, 11) is 0. The molecule has 0 saturated carbocycles. The molecule has 0 amide bonds. The Morgan fingerprint density at radius 3 is 2.81 bits per heavy atom. The van der Waals surface area contributed by atoms with Gasteiger partial charge in [0.2, 0.25) is 0 Å². The van der Waals surface area contributed by atoms with E-state index >= 15 is 0 Å². The van der Waals surface area contributed by atoms with Crippen LogP contribution in [0.1, 0.15) is 44.6 Å². The number of benzene rings is 1. The molecule has 1 aromatic rings. The molecule has 3 nitrogen and oxygen atoms in total. The van der Waals surface area contributed by atoms with Crippen molar-refractivity contribution in [3.63, 3.8) is 0 Å². The van der Waals surface area contributed by atoms with Gasteiger partial charge in [-0.2, -0.15) is 0 Å². The van der Waals surface area contributed by atoms with Crippen molar-refractivity contribution in [2.75, 3.05) is 25.0 Å². The van der Waals surface area contributed by atoms with Gasteiger partial charge in [-0.05, 0) is 70.3 Å². The van der Waals surface area contributed by atoms with E-state index in [2.05, 4.69) is 46.7 Å². The van der Waals surface area contributed by atoms with Gasteiger partial charge in [0.1, 0.15) is 0 Å². The minimum absolute atomic E-state index is 0.528. The lowest BCUT2D eigenvalue weighted by atomic mass is 10.1. The van der Waals surface area contributed by atoms with Gasteiger partial charge in [0.15, 0.2) is 0 Å². The largest absolute Gasteiger partial charge is 0.382 e. The Balaban J connectivity index is 1.58. The summed E-state index contributed by atoms with van der Waals surface area (Å²) in [6.07, 6.45) is 6.61. The van der Waals surface area contributed by atoms with Crippen LogP contribution in [0.2, 0.25) is 0 Å². The van der Waals surface area contributed by atoms with Crippen molar-refractivity contribution in [3.8, 4) is 0 Å². The van der Waals surface area contributed by atoms with Gasteiger partial charge in [0.05, 0.1) is 0 Å². The predicted molar refractivity (Wildman–Crippen MR) is 89.7 cm³/mol. The van der Waals surface area contributed by atoms with Gasteiger partial charge in [-0.3, -0.25) is 4.90 Å². The molecular weight excluding hydrogens is 258 g/mol. The molecule has 2 heterocycles. The molecule has 0 spiro atoms. The van der Waals surface area contributed by atoms with Crippen molar-refractivity contribution in [1.82, 2.24) is 10.2 Å². The van der Waals surface area contributed by atoms with E-state index in [4.69, 9.17) is 0 Å². The predicted octanol–water partition coefficient (Wildman–Crippen LogP) is 3.22. The van der Waals surface area contributed by atoms with Gasteiger partial charge >= 0.3 is 0 Å². The Labute approximate surface area is 129 Å². The van der Waals surface area contributed by atoms with Crippen LogP contribution in [0.25, 0.3) is 0 Å². The van der Waals surface area contributed by atoms with E-state index in [1.54, 1.807) is 0 Å². The Morgan fingerprint density at radius 1 is 1.24 bits per heavy atom. The summed E-state index contributed by atoms with van der Waals surface area (Å²) in [6, 6.07) is 10.1. The lowest BCUT2D eigenvalue weighted by molar-refractivity contribution is 0.332. The van der Waals surface area contributed by atoms with Gasteiger partial charge in [-0.25, -0.2) is 0 Å². The third-order valence-electron chi connectivity index (χ3n) is 4.81. The fraction of sp³-hybridized carbons (Fsp3) is 0.667. The van der Waals surface area contributed by atoms with Crippen LogP contribution in [0.15, 0.2) is 24.3 Å². The molecule has 2 fully saturated rings. The molecule has 0 aromatic heterocycles. The van der Waals surface area contributed by atoms with Crippen molar-refractivity contribution in [3.05, 3.63) is 29.8 Å². The molecule has 2 N–H and O–H groups in total. The minimum atomic E-state index is 0.528. The lowest BCUT2D eigenvalue weighted by Gasteiger charge is -2.23. The molecule has 2 atom stereocenters. The first-order valence-corrected chi connectivity index (χ1v) is 8.61. The highest BCUT2D eigenvalue weighted by atomic mass is 15.1. The van der Waals surface area contributed by atoms with Crippen LogP contribution < -0.4 is 10.6 Å². The summed E-state index contributed by atoms with van der Waals surface area (Å²) < 4.78 is 0. The molecule has 2 unspecified atom stereocenters. The third kappa shape index (κ3) is 4.21. The molecule has 0 bridgehead atoms. The summed E-state index contributed by atoms with van der Waals surface area (Å²) in [5.74, 6) is 0. The van der Waals surface area contributed by atoms with Crippen molar-refractivity contribution in [1.29, 1.82) is 0 Å². The first-order valence-electron chi connectivity index (χ1n) is 8.61. The summed E-state index contributed by atoms with van der Waals surface area (Å²) >= 11 is 0. The minimum Gasteiger partial charge on any atom is -0.382 e. The molecule has 116 valence electrons. The van der Waals surface area contributed by atoms with Gasteiger partial charge in [0.25, 0.3) is 0 Å². The zero-order valence-corrected chi connectivity index (χ0v) is 13.3. The number of likely N-dealkylation sites (tertiary alicyclic amines) is 1. The van der Waals surface area contributed by atoms with Gasteiger partial charge in [-0.1, -0.05) is 18.2 Å². The second kappa shape index (κ2) is 7.28. The monoisotopic (exact) mass is 287 g/mol. The molecule has 3 heteroatoms. The van der Waals surface area contributed by atoms with E-state index in [-0.39, 0.29) is 0 Å². The maximum absolute atomic E-state index is 3.74. The average Bonchev–Trinajstić information content (AvgIpc) is 3.14. The zero-order valence-electron chi connectivity index (χ0n) is 13.3. The fourth-order valence-electron chi connectivity index (χ4n) is 3.69. The quantitative estimate of drug-likeness (QED) is 0.841. The summed E-state index contributed by atoms with van der Waals surface area (Å²) in [5.41, 5.74) is 2.78. The molecule has 3 rings (SSSR count). The molecule has 2 aliphatic heterocycles. The maximum Gasteiger partial charge on any atom is 0.0387 e. The first kappa shape index (κ1) is 14.9. The molecule has 21 heavy (non-hydrogen) atoms. The van der Waals surface area contributed by atoms with Gasteiger partial charge in [-0.15, -0.1) is 0 Å². The van der Waals surface area contributed by atoms with Crippen molar-refractivity contribution >= 4 is 5.69 Å². The van der Waals surface area contributed by atoms with Crippen LogP contribution in [-0.2, 0) is 6.54 Å². The zero-order chi connectivity index (χ0) is 14.5. The maximum atomic E-state index is 3.74. The highest BCUT2D eigenvalue weighted by Gasteiger charge is 2.18. The SMILES string of the molecule is CC(CC1CCCN1)Nc1ccccc1CN1CCCC1. The lowest BCUT2D eigenvalue weighted by Crippen LogP contribution is -2.29. The summed E-state index contributed by atoms with van der Waals surface area (Å²) in [4.78, 5) is 2.57. The molecule has 2 aliphatic rings. The standard InChI is InChI=1S/C18H29N3/c1-15(13-17-8-6-10-19-17)20-18-9-3-2-7-16(18)14-21-11-4-5-12-21/h2-3,7,9,15,17,19-20H,4-6,8,10-14H2,1H3. The topological polar surface area (TPSA) is 27.3 Å². The highest BCUT2D eigenvalue weighted by molar-refractivity contribution is 5.51. The smallest absolute Gasteiger partial charge is 0.0387 e. The van der Waals surface area contributed by atoms with Gasteiger partial charge < -0.3 is 10.6 Å². The van der Waals surface area contributed by atoms with Crippen LogP contribution in [0, 0.1) is 0 Å². The van der Waals surface area contributed by atoms with E-state index < -0.39 is 0 Å². The average molecular weight is 287 g/mol. The van der Waals surface area contributed by atoms with Crippen LogP contribution in [0.5, 0.6) is 0 Å². The third-order valence-corrected chi connectivity index (χ3v) is 4.81. The van der Waals surface area contributed by atoms with E-state index in [1.807, 2.05) is 0 Å². The van der Waals surface area contributed by atoms with E-state index in [0.717, 1.165) is 6.54 Å². The van der Waals surface area contributed by atoms with Crippen molar-refractivity contribution < 1.29 is 0 Å². The molecule has 0 radical (unpaired) electrons. The van der Waals surface area contributed by atoms with Crippen LogP contribution in [-0.4, -0.2) is 36.6 Å². The molecule has 1 aromatic carbocycles. The molecule has 0 aliphatic carbocycles. The number of nitrogens with one attached hydrogen (secondary N) is 2. The van der Waals surface area contributed by atoms with E-state index in [1.165, 1.54) is 63.0 Å². The van der Waals surface area contributed by atoms with Crippen molar-refractivity contribution in [2.45, 2.75) is 57.7 Å². The normalized spacial score (nSPS) is 24.3. The van der Waals surface area contributed by atoms with E-state index in [0.29, 0.717) is 12.1 Å². The number of hydrogen-bond acceptors (Lipinski definition) is 3. The van der Waals surface area contributed by atoms with Gasteiger partial charge in [0, 0.05) is 24.3 Å². The number of hydrogen-bond donors (Lipinski definition) is 2. The molecular formula is C18H29N3. The number of anilines is 1. The first-order chi connectivity index (χ1) is 10.3. The Hall–Kier alpha value is -1.06. The fourth-order valence-corrected chi connectivity index (χ4v) is 3.69. The Morgan fingerprint density at radius 2 is 2.05 bits per heavy atom. The van der Waals surface area contributed by atoms with Crippen LogP contribution in [0.3, 0.4) is 0 Å². The van der Waals surface area contributed by atoms with Crippen LogP contribution >= 0.6 is 0 Å². The summed E-state index contributed by atoms with van der Waals surface area (Å²) in [5, 5.41) is 7.34. The number of nitrogens with zero attached hydrogens (tertiary/aromatic N) is 1.